The van der Waals surface area contributed by atoms with E-state index >= 15 is 0 Å². The molecule has 3 nitrogen and oxygen atoms in total. The highest BCUT2D eigenvalue weighted by Gasteiger charge is 2.23. The maximum atomic E-state index is 4.57. The second-order valence-corrected chi connectivity index (χ2v) is 7.34. The third kappa shape index (κ3) is 4.92. The molecule has 19 heavy (non-hydrogen) atoms. The van der Waals surface area contributed by atoms with Crippen molar-refractivity contribution in [2.75, 3.05) is 13.1 Å². The lowest BCUT2D eigenvalue weighted by Crippen LogP contribution is -2.33. The molecule has 1 aromatic rings. The summed E-state index contributed by atoms with van der Waals surface area (Å²) in [4.78, 5) is 0. The average molecular weight is 330 g/mol. The van der Waals surface area contributed by atoms with Crippen molar-refractivity contribution in [2.45, 2.75) is 47.5 Å². The third-order valence-corrected chi connectivity index (χ3v) is 4.22. The van der Waals surface area contributed by atoms with E-state index in [0.717, 1.165) is 31.6 Å². The van der Waals surface area contributed by atoms with Gasteiger partial charge in [0.05, 0.1) is 15.9 Å². The highest BCUT2D eigenvalue weighted by atomic mass is 79.9. The molecule has 0 aromatic carbocycles. The first-order valence-corrected chi connectivity index (χ1v) is 7.97. The lowest BCUT2D eigenvalue weighted by atomic mass is 9.87. The first-order chi connectivity index (χ1) is 8.76. The van der Waals surface area contributed by atoms with Crippen LogP contribution in [0.2, 0.25) is 0 Å². The van der Waals surface area contributed by atoms with E-state index in [9.17, 15) is 0 Å². The van der Waals surface area contributed by atoms with Crippen molar-refractivity contribution in [3.63, 3.8) is 0 Å². The van der Waals surface area contributed by atoms with E-state index in [2.05, 4.69) is 61.0 Å². The van der Waals surface area contributed by atoms with Crippen LogP contribution in [0.25, 0.3) is 0 Å². The van der Waals surface area contributed by atoms with Gasteiger partial charge in [-0.2, -0.15) is 5.10 Å². The Hall–Kier alpha value is -0.350. The van der Waals surface area contributed by atoms with E-state index in [1.807, 2.05) is 11.7 Å². The fourth-order valence-corrected chi connectivity index (χ4v) is 2.98. The van der Waals surface area contributed by atoms with Crippen LogP contribution in [0.3, 0.4) is 0 Å². The van der Waals surface area contributed by atoms with E-state index in [0.29, 0.717) is 5.92 Å². The molecule has 1 rings (SSSR count). The highest BCUT2D eigenvalue weighted by molar-refractivity contribution is 9.10. The molecule has 4 heteroatoms. The first kappa shape index (κ1) is 16.7. The number of aryl methyl sites for hydroxylation is 2. The molecule has 0 unspecified atom stereocenters. The molecule has 0 bridgehead atoms. The molecular weight excluding hydrogens is 302 g/mol. The Bertz CT molecular complexity index is 408. The van der Waals surface area contributed by atoms with E-state index in [4.69, 9.17) is 0 Å². The van der Waals surface area contributed by atoms with Crippen LogP contribution in [0, 0.1) is 11.3 Å². The zero-order valence-corrected chi connectivity index (χ0v) is 14.8. The van der Waals surface area contributed by atoms with Crippen molar-refractivity contribution in [2.24, 2.45) is 18.4 Å². The molecule has 0 amide bonds. The summed E-state index contributed by atoms with van der Waals surface area (Å²) < 4.78 is 3.21. The normalized spacial score (nSPS) is 12.4. The molecule has 0 aliphatic carbocycles. The molecule has 1 aromatic heterocycles. The van der Waals surface area contributed by atoms with Crippen LogP contribution in [0.15, 0.2) is 4.47 Å². The van der Waals surface area contributed by atoms with Crippen LogP contribution in [0.5, 0.6) is 0 Å². The minimum Gasteiger partial charge on any atom is -0.316 e. The largest absolute Gasteiger partial charge is 0.316 e. The molecule has 0 fully saturated rings. The zero-order valence-electron chi connectivity index (χ0n) is 13.2. The molecule has 1 heterocycles. The van der Waals surface area contributed by atoms with Crippen molar-refractivity contribution >= 4 is 15.9 Å². The molecule has 0 aliphatic rings. The Morgan fingerprint density at radius 2 is 2.00 bits per heavy atom. The minimum absolute atomic E-state index is 0.232. The van der Waals surface area contributed by atoms with Gasteiger partial charge in [-0.05, 0) is 46.6 Å². The molecule has 0 atom stereocenters. The van der Waals surface area contributed by atoms with Gasteiger partial charge in [-0.3, -0.25) is 4.68 Å². The standard InChI is InChI=1S/C15H28BrN3/c1-7-12-14(16)13(19(6)18-12)8-15(4,5)10-17-9-11(2)3/h11,17H,7-10H2,1-6H3. The van der Waals surface area contributed by atoms with Crippen LogP contribution in [0.1, 0.15) is 46.0 Å². The van der Waals surface area contributed by atoms with Gasteiger partial charge in [0.2, 0.25) is 0 Å². The maximum Gasteiger partial charge on any atom is 0.0766 e. The molecule has 0 saturated heterocycles. The van der Waals surface area contributed by atoms with Crippen molar-refractivity contribution in [3.8, 4) is 0 Å². The average Bonchev–Trinajstić information content (AvgIpc) is 2.55. The summed E-state index contributed by atoms with van der Waals surface area (Å²) in [5.74, 6) is 0.700. The lowest BCUT2D eigenvalue weighted by molar-refractivity contribution is 0.322. The zero-order chi connectivity index (χ0) is 14.6. The second-order valence-electron chi connectivity index (χ2n) is 6.55. The van der Waals surface area contributed by atoms with E-state index in [1.165, 1.54) is 10.2 Å². The Kier molecular flexibility index (Phi) is 6.06. The number of aromatic nitrogens is 2. The summed E-state index contributed by atoms with van der Waals surface area (Å²) >= 11 is 3.70. The molecule has 110 valence electrons. The summed E-state index contributed by atoms with van der Waals surface area (Å²) in [7, 11) is 2.04. The van der Waals surface area contributed by atoms with E-state index in [1.54, 1.807) is 0 Å². The predicted octanol–water partition coefficient (Wildman–Crippen LogP) is 3.56. The Morgan fingerprint density at radius 1 is 1.37 bits per heavy atom. The van der Waals surface area contributed by atoms with Crippen LogP contribution in [-0.2, 0) is 19.9 Å². The number of nitrogens with one attached hydrogen (secondary N) is 1. The molecular formula is C15H28BrN3. The van der Waals surface area contributed by atoms with Gasteiger partial charge >= 0.3 is 0 Å². The number of nitrogens with zero attached hydrogens (tertiary/aromatic N) is 2. The minimum atomic E-state index is 0.232. The maximum absolute atomic E-state index is 4.57. The summed E-state index contributed by atoms with van der Waals surface area (Å²) in [6.45, 7) is 13.4. The summed E-state index contributed by atoms with van der Waals surface area (Å²) in [5.41, 5.74) is 2.69. The molecule has 0 spiro atoms. The van der Waals surface area contributed by atoms with Crippen LogP contribution < -0.4 is 5.32 Å². The monoisotopic (exact) mass is 329 g/mol. The number of hydrogen-bond donors (Lipinski definition) is 1. The Labute approximate surface area is 126 Å². The van der Waals surface area contributed by atoms with Gasteiger partial charge in [0.1, 0.15) is 0 Å². The molecule has 0 aliphatic heterocycles. The lowest BCUT2D eigenvalue weighted by Gasteiger charge is -2.26. The van der Waals surface area contributed by atoms with Crippen LogP contribution in [-0.4, -0.2) is 22.9 Å². The van der Waals surface area contributed by atoms with E-state index < -0.39 is 0 Å². The highest BCUT2D eigenvalue weighted by Crippen LogP contribution is 2.28. The smallest absolute Gasteiger partial charge is 0.0766 e. The number of rotatable bonds is 7. The third-order valence-electron chi connectivity index (χ3n) is 3.31. The van der Waals surface area contributed by atoms with Gasteiger partial charge in [-0.15, -0.1) is 0 Å². The van der Waals surface area contributed by atoms with Crippen molar-refractivity contribution < 1.29 is 0 Å². The number of halogens is 1. The van der Waals surface area contributed by atoms with Gasteiger partial charge in [0.15, 0.2) is 0 Å². The fraction of sp³-hybridized carbons (Fsp3) is 0.800. The first-order valence-electron chi connectivity index (χ1n) is 7.17. The van der Waals surface area contributed by atoms with Crippen molar-refractivity contribution in [3.05, 3.63) is 15.9 Å². The Morgan fingerprint density at radius 3 is 2.47 bits per heavy atom. The summed E-state index contributed by atoms with van der Waals surface area (Å²) in [6.07, 6.45) is 2.00. The number of hydrogen-bond acceptors (Lipinski definition) is 2. The van der Waals surface area contributed by atoms with Crippen molar-refractivity contribution in [1.82, 2.24) is 15.1 Å². The van der Waals surface area contributed by atoms with Gasteiger partial charge in [0, 0.05) is 13.6 Å². The second kappa shape index (κ2) is 6.89. The SMILES string of the molecule is CCc1nn(C)c(CC(C)(C)CNCC(C)C)c1Br. The van der Waals surface area contributed by atoms with Crippen LogP contribution in [0.4, 0.5) is 0 Å². The molecule has 0 saturated carbocycles. The van der Waals surface area contributed by atoms with Gasteiger partial charge in [-0.1, -0.05) is 34.6 Å². The summed E-state index contributed by atoms with van der Waals surface area (Å²) in [5, 5.41) is 8.13. The van der Waals surface area contributed by atoms with Crippen LogP contribution >= 0.6 is 15.9 Å². The Balaban J connectivity index is 2.69. The quantitative estimate of drug-likeness (QED) is 0.828. The molecule has 0 radical (unpaired) electrons. The fourth-order valence-electron chi connectivity index (χ4n) is 2.23. The summed E-state index contributed by atoms with van der Waals surface area (Å²) in [6, 6.07) is 0. The van der Waals surface area contributed by atoms with Gasteiger partial charge < -0.3 is 5.32 Å². The predicted molar refractivity (Wildman–Crippen MR) is 85.5 cm³/mol. The molecule has 1 N–H and O–H groups in total. The van der Waals surface area contributed by atoms with Gasteiger partial charge in [0.25, 0.3) is 0 Å². The van der Waals surface area contributed by atoms with Gasteiger partial charge in [-0.25, -0.2) is 0 Å². The topological polar surface area (TPSA) is 29.9 Å². The van der Waals surface area contributed by atoms with Crippen molar-refractivity contribution in [1.29, 1.82) is 0 Å². The van der Waals surface area contributed by atoms with E-state index in [-0.39, 0.29) is 5.41 Å².